The molecule has 5 atom stereocenters. The van der Waals surface area contributed by atoms with Crippen LogP contribution in [0.1, 0.15) is 80.4 Å². The standard InChI is InChI=1S/C42H45N3O6/c1-27(46)51-36-14-12-28-7-3-4-11-37(28)39-26-43-25-33(39)21-38(31-8-5-10-34(47)20-31)32-16-18-45-42(23-32)44-17-6-9-29(19-35(48)24-36)30-13-15-40(49)41(22-30)50-2/h4-5,8,10-11,13,15-16,18,20,22-23,26,28-29,36-38,47,49H,3,7,12,14,17,19,21,24-25H2,1-2H3,(H,44,45). The number of phenolic OH excluding ortho intramolecular Hbond substituents is 2. The monoisotopic (exact) mass is 687 g/mol. The second-order valence-electron chi connectivity index (χ2n) is 13.6. The van der Waals surface area contributed by atoms with Crippen molar-refractivity contribution in [3.8, 4) is 29.1 Å². The zero-order chi connectivity index (χ0) is 35.7. The molecule has 3 heterocycles. The molecule has 264 valence electrons. The van der Waals surface area contributed by atoms with Crippen LogP contribution in [0.4, 0.5) is 5.82 Å². The third kappa shape index (κ3) is 9.06. The lowest BCUT2D eigenvalue weighted by molar-refractivity contribution is -0.148. The number of phenols is 2. The van der Waals surface area contributed by atoms with Gasteiger partial charge in [0.1, 0.15) is 23.5 Å². The van der Waals surface area contributed by atoms with E-state index in [0.29, 0.717) is 30.5 Å². The number of ketones is 1. The molecule has 5 unspecified atom stereocenters. The molecule has 0 fully saturated rings. The number of hydrogen-bond acceptors (Lipinski definition) is 9. The van der Waals surface area contributed by atoms with Crippen LogP contribution in [0.15, 0.2) is 89.1 Å². The molecule has 0 saturated heterocycles. The molecule has 2 aromatic carbocycles. The molecule has 51 heavy (non-hydrogen) atoms. The Labute approximate surface area is 299 Å². The van der Waals surface area contributed by atoms with Gasteiger partial charge in [0.2, 0.25) is 0 Å². The summed E-state index contributed by atoms with van der Waals surface area (Å²) in [5, 5.41) is 24.0. The van der Waals surface area contributed by atoms with Crippen LogP contribution in [0.2, 0.25) is 0 Å². The number of ether oxygens (including phenoxy) is 2. The Bertz CT molecular complexity index is 1900. The summed E-state index contributed by atoms with van der Waals surface area (Å²) >= 11 is 0. The second kappa shape index (κ2) is 16.6. The highest BCUT2D eigenvalue weighted by atomic mass is 16.5. The highest BCUT2D eigenvalue weighted by Crippen LogP contribution is 2.41. The third-order valence-corrected chi connectivity index (χ3v) is 10.1. The van der Waals surface area contributed by atoms with Crippen LogP contribution < -0.4 is 10.1 Å². The number of anilines is 1. The van der Waals surface area contributed by atoms with Crippen LogP contribution in [0.25, 0.3) is 0 Å². The van der Waals surface area contributed by atoms with Gasteiger partial charge in [0.05, 0.1) is 26.1 Å². The molecule has 2 bridgehead atoms. The summed E-state index contributed by atoms with van der Waals surface area (Å²) in [5.41, 5.74) is 5.29. The molecule has 3 aliphatic rings. The molecule has 1 aliphatic carbocycles. The Morgan fingerprint density at radius 1 is 0.980 bits per heavy atom. The van der Waals surface area contributed by atoms with Crippen molar-refractivity contribution in [3.05, 3.63) is 101 Å². The summed E-state index contributed by atoms with van der Waals surface area (Å²) in [6.45, 7) is 2.28. The molecular formula is C42H45N3O6. The summed E-state index contributed by atoms with van der Waals surface area (Å²) in [6.07, 6.45) is 12.1. The number of nitrogens with zero attached hydrogens (tertiary/aromatic N) is 2. The lowest BCUT2D eigenvalue weighted by atomic mass is 9.74. The van der Waals surface area contributed by atoms with Crippen LogP contribution in [0.5, 0.6) is 17.2 Å². The number of carbonyl (C=O) groups excluding carboxylic acids is 2. The minimum absolute atomic E-state index is 0.00151. The number of methoxy groups -OCH3 is 1. The Hall–Kier alpha value is -5.36. The molecule has 9 heteroatoms. The molecule has 2 aliphatic heterocycles. The fraction of sp³-hybridized carbons (Fsp3) is 0.381. The number of aliphatic imine (C=N–C) groups is 1. The van der Waals surface area contributed by atoms with Gasteiger partial charge in [0.25, 0.3) is 0 Å². The topological polar surface area (TPSA) is 130 Å². The number of fused-ring (bicyclic) bond motifs is 4. The van der Waals surface area contributed by atoms with E-state index in [9.17, 15) is 19.8 Å². The van der Waals surface area contributed by atoms with Gasteiger partial charge in [-0.15, -0.1) is 0 Å². The van der Waals surface area contributed by atoms with Gasteiger partial charge in [-0.2, -0.15) is 0 Å². The average molecular weight is 688 g/mol. The normalized spacial score (nSPS) is 24.0. The van der Waals surface area contributed by atoms with E-state index in [0.717, 1.165) is 42.4 Å². The fourth-order valence-corrected chi connectivity index (χ4v) is 7.56. The van der Waals surface area contributed by atoms with Gasteiger partial charge in [0, 0.05) is 44.0 Å². The molecule has 0 spiro atoms. The SMILES string of the molecule is COc1cc(C2C#CCNc3cc(ccn3)C(c3cccc(O)c3)CC3=C(C=NC3)C3C=CCCC3CCC(OC(C)=O)CC(=O)C2)ccc1O. The molecule has 9 nitrogen and oxygen atoms in total. The van der Waals surface area contributed by atoms with Crippen molar-refractivity contribution in [2.75, 3.05) is 25.5 Å². The maximum absolute atomic E-state index is 13.7. The Balaban J connectivity index is 1.39. The smallest absolute Gasteiger partial charge is 0.302 e. The van der Waals surface area contributed by atoms with E-state index in [-0.39, 0.29) is 48.5 Å². The Morgan fingerprint density at radius 3 is 2.67 bits per heavy atom. The molecule has 3 aromatic rings. The summed E-state index contributed by atoms with van der Waals surface area (Å²) in [4.78, 5) is 35.2. The van der Waals surface area contributed by atoms with Crippen LogP contribution >= 0.6 is 0 Å². The number of esters is 1. The number of nitrogens with one attached hydrogen (secondary N) is 1. The Morgan fingerprint density at radius 2 is 1.84 bits per heavy atom. The maximum atomic E-state index is 13.7. The number of allylic oxidation sites excluding steroid dienone is 3. The van der Waals surface area contributed by atoms with Crippen LogP contribution in [-0.2, 0) is 14.3 Å². The Kier molecular flexibility index (Phi) is 11.5. The van der Waals surface area contributed by atoms with E-state index >= 15 is 0 Å². The van der Waals surface area contributed by atoms with E-state index in [2.05, 4.69) is 40.4 Å². The van der Waals surface area contributed by atoms with Gasteiger partial charge in [-0.25, -0.2) is 4.98 Å². The first kappa shape index (κ1) is 35.5. The van der Waals surface area contributed by atoms with Crippen LogP contribution in [0, 0.1) is 23.7 Å². The van der Waals surface area contributed by atoms with Gasteiger partial charge in [-0.1, -0.05) is 42.2 Å². The van der Waals surface area contributed by atoms with Crippen molar-refractivity contribution < 1.29 is 29.3 Å². The van der Waals surface area contributed by atoms with E-state index < -0.39 is 18.0 Å². The molecular weight excluding hydrogens is 642 g/mol. The first-order valence-electron chi connectivity index (χ1n) is 17.7. The van der Waals surface area contributed by atoms with Gasteiger partial charge in [0.15, 0.2) is 11.5 Å². The van der Waals surface area contributed by atoms with Crippen molar-refractivity contribution in [1.82, 2.24) is 4.98 Å². The predicted octanol–water partition coefficient (Wildman–Crippen LogP) is 7.26. The number of hydrogen-bond donors (Lipinski definition) is 3. The number of pyridine rings is 1. The van der Waals surface area contributed by atoms with E-state index in [1.165, 1.54) is 25.2 Å². The predicted molar refractivity (Wildman–Crippen MR) is 197 cm³/mol. The minimum atomic E-state index is -0.547. The van der Waals surface area contributed by atoms with Gasteiger partial charge < -0.3 is 25.0 Å². The van der Waals surface area contributed by atoms with Crippen molar-refractivity contribution in [2.45, 2.75) is 69.8 Å². The molecule has 1 aromatic heterocycles. The average Bonchev–Trinajstić information content (AvgIpc) is 3.59. The molecule has 3 N–H and O–H groups in total. The van der Waals surface area contributed by atoms with E-state index in [4.69, 9.17) is 14.5 Å². The lowest BCUT2D eigenvalue weighted by Crippen LogP contribution is -2.25. The zero-order valence-electron chi connectivity index (χ0n) is 29.2. The summed E-state index contributed by atoms with van der Waals surface area (Å²) in [6, 6.07) is 16.5. The van der Waals surface area contributed by atoms with Crippen LogP contribution in [0.3, 0.4) is 0 Å². The first-order valence-corrected chi connectivity index (χ1v) is 17.7. The number of aromatic nitrogens is 1. The minimum Gasteiger partial charge on any atom is -0.508 e. The quantitative estimate of drug-likeness (QED) is 0.149. The van der Waals surface area contributed by atoms with Gasteiger partial charge >= 0.3 is 5.97 Å². The number of rotatable bonds is 4. The summed E-state index contributed by atoms with van der Waals surface area (Å²) < 4.78 is 11.1. The zero-order valence-corrected chi connectivity index (χ0v) is 29.2. The number of carbonyl (C=O) groups is 2. The van der Waals surface area contributed by atoms with Crippen molar-refractivity contribution in [3.63, 3.8) is 0 Å². The summed E-state index contributed by atoms with van der Waals surface area (Å²) in [5.74, 6) is 7.09. The molecule has 0 amide bonds. The van der Waals surface area contributed by atoms with E-state index in [1.54, 1.807) is 30.5 Å². The van der Waals surface area contributed by atoms with Gasteiger partial charge in [-0.05, 0) is 102 Å². The van der Waals surface area contributed by atoms with Crippen molar-refractivity contribution in [2.24, 2.45) is 16.8 Å². The highest BCUT2D eigenvalue weighted by molar-refractivity contribution is 5.84. The van der Waals surface area contributed by atoms with Crippen LogP contribution in [-0.4, -0.2) is 59.5 Å². The molecule has 0 saturated carbocycles. The second-order valence-corrected chi connectivity index (χ2v) is 13.6. The fourth-order valence-electron chi connectivity index (χ4n) is 7.56. The molecule has 6 rings (SSSR count). The number of aromatic hydroxyl groups is 2. The molecule has 0 radical (unpaired) electrons. The lowest BCUT2D eigenvalue weighted by Gasteiger charge is -2.31. The largest absolute Gasteiger partial charge is 0.508 e. The number of benzene rings is 2. The van der Waals surface area contributed by atoms with Gasteiger partial charge in [-0.3, -0.25) is 14.6 Å². The van der Waals surface area contributed by atoms with Crippen molar-refractivity contribution in [1.29, 1.82) is 0 Å². The van der Waals surface area contributed by atoms with E-state index in [1.807, 2.05) is 30.5 Å². The van der Waals surface area contributed by atoms with Crippen molar-refractivity contribution >= 4 is 23.8 Å². The maximum Gasteiger partial charge on any atom is 0.302 e. The summed E-state index contributed by atoms with van der Waals surface area (Å²) in [7, 11) is 1.48. The third-order valence-electron chi connectivity index (χ3n) is 10.1. The highest BCUT2D eigenvalue weighted by Gasteiger charge is 2.31. The first-order chi connectivity index (χ1) is 24.8. The number of Topliss-reactive ketones (excluding diaryl/α,β-unsaturated/α-hetero) is 1.